The lowest BCUT2D eigenvalue weighted by Gasteiger charge is -2.30. The quantitative estimate of drug-likeness (QED) is 0.793. The molecule has 1 fully saturated rings. The number of hydrogen-bond acceptors (Lipinski definition) is 4. The molecule has 0 spiro atoms. The van der Waals surface area contributed by atoms with E-state index in [1.165, 1.54) is 4.90 Å². The van der Waals surface area contributed by atoms with E-state index in [0.717, 1.165) is 21.7 Å². The van der Waals surface area contributed by atoms with Gasteiger partial charge in [0.1, 0.15) is 11.3 Å². The van der Waals surface area contributed by atoms with Crippen LogP contribution < -0.4 is 0 Å². The van der Waals surface area contributed by atoms with E-state index in [0.29, 0.717) is 12.3 Å². The van der Waals surface area contributed by atoms with Crippen LogP contribution in [0.4, 0.5) is 0 Å². The summed E-state index contributed by atoms with van der Waals surface area (Å²) in [6.45, 7) is 0.691. The molecular formula is C19H17NO5. The molecule has 1 saturated heterocycles. The molecule has 1 N–H and O–H groups in total. The summed E-state index contributed by atoms with van der Waals surface area (Å²) in [5.41, 5.74) is 0.742. The molecule has 1 amide bonds. The van der Waals surface area contributed by atoms with Gasteiger partial charge in [0, 0.05) is 11.9 Å². The number of furan rings is 1. The zero-order valence-corrected chi connectivity index (χ0v) is 13.5. The van der Waals surface area contributed by atoms with E-state index < -0.39 is 12.1 Å². The van der Waals surface area contributed by atoms with Crippen molar-refractivity contribution in [1.82, 2.24) is 4.90 Å². The fourth-order valence-corrected chi connectivity index (χ4v) is 3.22. The number of hydrogen-bond donors (Lipinski definition) is 1. The van der Waals surface area contributed by atoms with Gasteiger partial charge in [0.25, 0.3) is 0 Å². The number of ether oxygens (including phenoxy) is 1. The normalized spacial score (nSPS) is 17.9. The van der Waals surface area contributed by atoms with Crippen LogP contribution in [0.2, 0.25) is 0 Å². The molecule has 0 bridgehead atoms. The molecule has 1 aromatic heterocycles. The Bertz CT molecular complexity index is 961. The smallest absolute Gasteiger partial charge is 0.334 e. The molecule has 1 aliphatic heterocycles. The first kappa shape index (κ1) is 15.7. The lowest BCUT2D eigenvalue weighted by Crippen LogP contribution is -2.49. The van der Waals surface area contributed by atoms with Crippen molar-refractivity contribution in [2.24, 2.45) is 0 Å². The zero-order chi connectivity index (χ0) is 17.4. The Morgan fingerprint density at radius 1 is 1.16 bits per heavy atom. The van der Waals surface area contributed by atoms with Gasteiger partial charge in [-0.2, -0.15) is 0 Å². The van der Waals surface area contributed by atoms with Crippen LogP contribution in [0.3, 0.4) is 0 Å². The van der Waals surface area contributed by atoms with E-state index in [-0.39, 0.29) is 25.5 Å². The molecule has 128 valence electrons. The van der Waals surface area contributed by atoms with Crippen molar-refractivity contribution in [2.45, 2.75) is 12.5 Å². The second kappa shape index (κ2) is 6.22. The van der Waals surface area contributed by atoms with E-state index in [4.69, 9.17) is 14.3 Å². The van der Waals surface area contributed by atoms with Crippen molar-refractivity contribution >= 4 is 33.6 Å². The predicted octanol–water partition coefficient (Wildman–Crippen LogP) is 2.44. The summed E-state index contributed by atoms with van der Waals surface area (Å²) in [6, 6.07) is 13.8. The van der Waals surface area contributed by atoms with Crippen molar-refractivity contribution < 1.29 is 23.8 Å². The molecule has 6 nitrogen and oxygen atoms in total. The summed E-state index contributed by atoms with van der Waals surface area (Å²) < 4.78 is 11.0. The molecule has 6 heteroatoms. The van der Waals surface area contributed by atoms with Crippen molar-refractivity contribution in [1.29, 1.82) is 0 Å². The van der Waals surface area contributed by atoms with Gasteiger partial charge in [-0.05, 0) is 22.9 Å². The molecule has 0 saturated carbocycles. The van der Waals surface area contributed by atoms with Crippen molar-refractivity contribution in [3.63, 3.8) is 0 Å². The van der Waals surface area contributed by atoms with Crippen molar-refractivity contribution in [3.8, 4) is 0 Å². The SMILES string of the molecule is O=C(O)C1CN(C(=O)Cc2cc3c(ccc4ccccc43)o2)CCO1. The second-order valence-electron chi connectivity index (χ2n) is 6.13. The first-order valence-corrected chi connectivity index (χ1v) is 8.14. The number of aliphatic carboxylic acids is 1. The Morgan fingerprint density at radius 2 is 2.00 bits per heavy atom. The monoisotopic (exact) mass is 339 g/mol. The molecule has 1 unspecified atom stereocenters. The van der Waals surface area contributed by atoms with Gasteiger partial charge in [0.15, 0.2) is 6.10 Å². The van der Waals surface area contributed by atoms with E-state index >= 15 is 0 Å². The summed E-state index contributed by atoms with van der Waals surface area (Å²) in [7, 11) is 0. The molecule has 1 aliphatic rings. The molecule has 3 aromatic rings. The number of amides is 1. The minimum Gasteiger partial charge on any atom is -0.479 e. The largest absolute Gasteiger partial charge is 0.479 e. The maximum atomic E-state index is 12.5. The third kappa shape index (κ3) is 2.96. The maximum Gasteiger partial charge on any atom is 0.334 e. The molecule has 2 aromatic carbocycles. The van der Waals surface area contributed by atoms with E-state index in [9.17, 15) is 9.59 Å². The van der Waals surface area contributed by atoms with E-state index in [1.54, 1.807) is 0 Å². The number of carboxylic acids is 1. The van der Waals surface area contributed by atoms with Crippen LogP contribution >= 0.6 is 0 Å². The Balaban J connectivity index is 1.57. The Kier molecular flexibility index (Phi) is 3.89. The molecule has 0 aliphatic carbocycles. The van der Waals surface area contributed by atoms with Crippen LogP contribution in [-0.4, -0.2) is 47.7 Å². The Labute approximate surface area is 143 Å². The van der Waals surface area contributed by atoms with Gasteiger partial charge < -0.3 is 19.2 Å². The third-order valence-corrected chi connectivity index (χ3v) is 4.50. The second-order valence-corrected chi connectivity index (χ2v) is 6.13. The minimum atomic E-state index is -1.05. The number of rotatable bonds is 3. The highest BCUT2D eigenvalue weighted by Crippen LogP contribution is 2.28. The van der Waals surface area contributed by atoms with E-state index in [1.807, 2.05) is 42.5 Å². The summed E-state index contributed by atoms with van der Waals surface area (Å²) in [5, 5.41) is 12.2. The van der Waals surface area contributed by atoms with Crippen molar-refractivity contribution in [3.05, 3.63) is 48.2 Å². The fraction of sp³-hybridized carbons (Fsp3) is 0.263. The molecule has 25 heavy (non-hydrogen) atoms. The average molecular weight is 339 g/mol. The summed E-state index contributed by atoms with van der Waals surface area (Å²) in [5.74, 6) is -0.625. The molecule has 2 heterocycles. The average Bonchev–Trinajstić information content (AvgIpc) is 3.04. The lowest BCUT2D eigenvalue weighted by atomic mass is 10.1. The number of nitrogens with zero attached hydrogens (tertiary/aromatic N) is 1. The first-order valence-electron chi connectivity index (χ1n) is 8.14. The Hall–Kier alpha value is -2.86. The molecule has 1 atom stereocenters. The third-order valence-electron chi connectivity index (χ3n) is 4.50. The number of carbonyl (C=O) groups excluding carboxylic acids is 1. The standard InChI is InChI=1S/C19H17NO5/c21-18(20-7-8-24-17(11-20)19(22)23)10-13-9-15-14-4-2-1-3-12(14)5-6-16(15)25-13/h1-6,9,17H,7-8,10-11H2,(H,22,23). The summed E-state index contributed by atoms with van der Waals surface area (Å²) in [4.78, 5) is 25.1. The number of carbonyl (C=O) groups is 2. The Morgan fingerprint density at radius 3 is 2.84 bits per heavy atom. The highest BCUT2D eigenvalue weighted by molar-refractivity contribution is 6.06. The highest BCUT2D eigenvalue weighted by Gasteiger charge is 2.29. The van der Waals surface area contributed by atoms with Gasteiger partial charge in [0.2, 0.25) is 5.91 Å². The first-order chi connectivity index (χ1) is 12.1. The van der Waals surface area contributed by atoms with Gasteiger partial charge in [-0.25, -0.2) is 4.79 Å². The number of carboxylic acid groups (broad SMARTS) is 1. The highest BCUT2D eigenvalue weighted by atomic mass is 16.5. The van der Waals surface area contributed by atoms with Gasteiger partial charge in [-0.15, -0.1) is 0 Å². The summed E-state index contributed by atoms with van der Waals surface area (Å²) >= 11 is 0. The van der Waals surface area contributed by atoms with Crippen LogP contribution in [0.15, 0.2) is 46.9 Å². The van der Waals surface area contributed by atoms with E-state index in [2.05, 4.69) is 0 Å². The van der Waals surface area contributed by atoms with Gasteiger partial charge in [0.05, 0.1) is 19.6 Å². The number of benzene rings is 2. The number of fused-ring (bicyclic) bond motifs is 3. The van der Waals surface area contributed by atoms with Crippen LogP contribution in [0.5, 0.6) is 0 Å². The fourth-order valence-electron chi connectivity index (χ4n) is 3.22. The maximum absolute atomic E-state index is 12.5. The van der Waals surface area contributed by atoms with Crippen LogP contribution in [0, 0.1) is 0 Å². The summed E-state index contributed by atoms with van der Waals surface area (Å²) in [6.07, 6.45) is -0.854. The van der Waals surface area contributed by atoms with Crippen LogP contribution in [0.1, 0.15) is 5.76 Å². The topological polar surface area (TPSA) is 80.0 Å². The number of morpholine rings is 1. The lowest BCUT2D eigenvalue weighted by molar-refractivity contribution is -0.159. The minimum absolute atomic E-state index is 0.0668. The molecular weight excluding hydrogens is 322 g/mol. The molecule has 4 rings (SSSR count). The molecule has 0 radical (unpaired) electrons. The van der Waals surface area contributed by atoms with Gasteiger partial charge in [-0.1, -0.05) is 30.3 Å². The van der Waals surface area contributed by atoms with Crippen molar-refractivity contribution in [2.75, 3.05) is 19.7 Å². The van der Waals surface area contributed by atoms with Gasteiger partial charge >= 0.3 is 5.97 Å². The van der Waals surface area contributed by atoms with Crippen LogP contribution in [-0.2, 0) is 20.7 Å². The van der Waals surface area contributed by atoms with Gasteiger partial charge in [-0.3, -0.25) is 4.79 Å². The zero-order valence-electron chi connectivity index (χ0n) is 13.5. The predicted molar refractivity (Wildman–Crippen MR) is 91.4 cm³/mol. The van der Waals surface area contributed by atoms with Crippen LogP contribution in [0.25, 0.3) is 21.7 Å².